The molecule has 16 heteroatoms. The number of rotatable bonds is 8. The number of ether oxygens (including phenoxy) is 3. The summed E-state index contributed by atoms with van der Waals surface area (Å²) in [5.74, 6) is -0.117. The average molecular weight is 663 g/mol. The van der Waals surface area contributed by atoms with Gasteiger partial charge in [0.25, 0.3) is 11.1 Å². The van der Waals surface area contributed by atoms with Crippen LogP contribution in [0.3, 0.4) is 0 Å². The van der Waals surface area contributed by atoms with Crippen molar-refractivity contribution in [2.75, 3.05) is 19.5 Å². The van der Waals surface area contributed by atoms with Crippen LogP contribution in [0, 0.1) is 0 Å². The third-order valence-electron chi connectivity index (χ3n) is 6.74. The monoisotopic (exact) mass is 662 g/mol. The number of benzene rings is 3. The predicted molar refractivity (Wildman–Crippen MR) is 154 cm³/mol. The topological polar surface area (TPSA) is 100 Å². The molecule has 0 spiro atoms. The maximum atomic E-state index is 13.5. The number of nitrogens with zero attached hydrogens (tertiary/aromatic N) is 3. The molecule has 6 aromatic rings. The fourth-order valence-electron chi connectivity index (χ4n) is 4.58. The molecule has 6 rings (SSSR count). The highest BCUT2D eigenvalue weighted by molar-refractivity contribution is 7.18. The molecule has 0 radical (unpaired) electrons. The molecular weight excluding hydrogens is 642 g/mol. The van der Waals surface area contributed by atoms with Gasteiger partial charge in [0, 0.05) is 17.8 Å². The van der Waals surface area contributed by atoms with Gasteiger partial charge in [-0.05, 0) is 53.3 Å². The van der Waals surface area contributed by atoms with Crippen LogP contribution in [-0.2, 0) is 19.0 Å². The Kier molecular flexibility index (Phi) is 7.75. The van der Waals surface area contributed by atoms with Gasteiger partial charge in [0.15, 0.2) is 5.76 Å². The Morgan fingerprint density at radius 2 is 1.78 bits per heavy atom. The first-order valence-corrected chi connectivity index (χ1v) is 14.0. The van der Waals surface area contributed by atoms with Crippen molar-refractivity contribution in [1.29, 1.82) is 0 Å². The van der Waals surface area contributed by atoms with E-state index >= 15 is 0 Å². The van der Waals surface area contributed by atoms with Gasteiger partial charge in [-0.15, -0.1) is 5.10 Å². The van der Waals surface area contributed by atoms with E-state index in [1.807, 2.05) is 0 Å². The molecular formula is C30H20F6N4O5S. The van der Waals surface area contributed by atoms with Gasteiger partial charge in [-0.3, -0.25) is 4.79 Å². The second kappa shape index (κ2) is 11.6. The normalized spacial score (nSPS) is 12.1. The van der Waals surface area contributed by atoms with Crippen molar-refractivity contribution in [3.8, 4) is 28.1 Å². The summed E-state index contributed by atoms with van der Waals surface area (Å²) in [5, 5.41) is 7.55. The molecule has 3 aromatic heterocycles. The van der Waals surface area contributed by atoms with Gasteiger partial charge in [-0.25, -0.2) is 9.50 Å². The van der Waals surface area contributed by atoms with Crippen LogP contribution in [0.25, 0.3) is 27.4 Å². The standard InChI is InChI=1S/C30H20F6N4O5S/c1-42-18-10-23(20-12-25(45-24(20)11-18)22-13-40-27(38-22)46-28(39-40)43-2)44-14-15-4-3-5-17(8-15)37-26(41)19-9-16(29(31,32)33)6-7-21(19)30(34,35)36/h3-13H,14H2,1-2H3,(H,37,41). The van der Waals surface area contributed by atoms with E-state index in [0.717, 1.165) is 0 Å². The van der Waals surface area contributed by atoms with E-state index in [9.17, 15) is 31.1 Å². The number of furan rings is 1. The minimum atomic E-state index is -5.06. The molecule has 1 N–H and O–H groups in total. The van der Waals surface area contributed by atoms with E-state index in [0.29, 0.717) is 49.6 Å². The first-order valence-electron chi connectivity index (χ1n) is 13.2. The number of methoxy groups -OCH3 is 2. The summed E-state index contributed by atoms with van der Waals surface area (Å²) in [6, 6.07) is 11.7. The van der Waals surface area contributed by atoms with E-state index < -0.39 is 35.0 Å². The van der Waals surface area contributed by atoms with Crippen LogP contribution < -0.4 is 19.5 Å². The van der Waals surface area contributed by atoms with Gasteiger partial charge >= 0.3 is 12.4 Å². The minimum Gasteiger partial charge on any atom is -0.496 e. The summed E-state index contributed by atoms with van der Waals surface area (Å²) >= 11 is 1.25. The fourth-order valence-corrected chi connectivity index (χ4v) is 5.28. The van der Waals surface area contributed by atoms with E-state index in [4.69, 9.17) is 18.6 Å². The number of fused-ring (bicyclic) bond motifs is 2. The fraction of sp³-hybridized carbons (Fsp3) is 0.167. The summed E-state index contributed by atoms with van der Waals surface area (Å²) in [7, 11) is 2.98. The molecule has 0 fully saturated rings. The maximum absolute atomic E-state index is 13.5. The van der Waals surface area contributed by atoms with Gasteiger partial charge in [-0.1, -0.05) is 12.1 Å². The number of carbonyl (C=O) groups is 1. The molecule has 1 amide bonds. The summed E-state index contributed by atoms with van der Waals surface area (Å²) in [6.07, 6.45) is -8.32. The van der Waals surface area contributed by atoms with Crippen LogP contribution in [0.5, 0.6) is 16.7 Å². The lowest BCUT2D eigenvalue weighted by molar-refractivity contribution is -0.141. The molecule has 3 heterocycles. The van der Waals surface area contributed by atoms with Gasteiger partial charge in [-0.2, -0.15) is 26.3 Å². The largest absolute Gasteiger partial charge is 0.496 e. The number of aromatic nitrogens is 3. The molecule has 0 bridgehead atoms. The van der Waals surface area contributed by atoms with Crippen molar-refractivity contribution >= 4 is 38.9 Å². The molecule has 238 valence electrons. The first kappa shape index (κ1) is 30.8. The molecule has 0 atom stereocenters. The van der Waals surface area contributed by atoms with Crippen molar-refractivity contribution in [1.82, 2.24) is 14.6 Å². The highest BCUT2D eigenvalue weighted by atomic mass is 32.1. The van der Waals surface area contributed by atoms with Gasteiger partial charge < -0.3 is 23.9 Å². The summed E-state index contributed by atoms with van der Waals surface area (Å²) < 4.78 is 104. The Bertz CT molecular complexity index is 2050. The third-order valence-corrected chi connectivity index (χ3v) is 7.62. The second-order valence-electron chi connectivity index (χ2n) is 9.77. The Balaban J connectivity index is 1.24. The average Bonchev–Trinajstić information content (AvgIpc) is 3.72. The van der Waals surface area contributed by atoms with Crippen molar-refractivity contribution < 1.29 is 49.8 Å². The number of imidazole rings is 1. The molecule has 3 aromatic carbocycles. The zero-order valence-corrected chi connectivity index (χ0v) is 24.4. The SMILES string of the molecule is COc1cc(OCc2cccc(NC(=O)c3cc(C(F)(F)F)ccc3C(F)(F)F)c2)c2cc(-c3cn4nc(OC)sc4n3)oc2c1. The molecule has 9 nitrogen and oxygen atoms in total. The smallest absolute Gasteiger partial charge is 0.417 e. The highest BCUT2D eigenvalue weighted by Crippen LogP contribution is 2.39. The van der Waals surface area contributed by atoms with Crippen molar-refractivity contribution in [3.05, 3.63) is 89.1 Å². The molecule has 0 aliphatic heterocycles. The van der Waals surface area contributed by atoms with E-state index in [2.05, 4.69) is 15.4 Å². The van der Waals surface area contributed by atoms with Crippen molar-refractivity contribution in [3.63, 3.8) is 0 Å². The lowest BCUT2D eigenvalue weighted by atomic mass is 10.0. The van der Waals surface area contributed by atoms with Crippen molar-refractivity contribution in [2.45, 2.75) is 19.0 Å². The summed E-state index contributed by atoms with van der Waals surface area (Å²) in [5.41, 5.74) is -2.55. The second-order valence-corrected chi connectivity index (χ2v) is 10.7. The molecule has 46 heavy (non-hydrogen) atoms. The molecule has 0 saturated carbocycles. The van der Waals surface area contributed by atoms with E-state index in [-0.39, 0.29) is 30.5 Å². The molecule has 0 aliphatic carbocycles. The third kappa shape index (κ3) is 6.15. The van der Waals surface area contributed by atoms with E-state index in [1.165, 1.54) is 43.8 Å². The van der Waals surface area contributed by atoms with Crippen molar-refractivity contribution in [2.24, 2.45) is 0 Å². The Labute approximate surface area is 258 Å². The lowest BCUT2D eigenvalue weighted by Gasteiger charge is -2.16. The lowest BCUT2D eigenvalue weighted by Crippen LogP contribution is -2.20. The van der Waals surface area contributed by atoms with Gasteiger partial charge in [0.1, 0.15) is 29.4 Å². The molecule has 0 aliphatic rings. The first-order chi connectivity index (χ1) is 21.8. The number of amides is 1. The maximum Gasteiger partial charge on any atom is 0.417 e. The van der Waals surface area contributed by atoms with Crippen LogP contribution in [-0.4, -0.2) is 34.7 Å². The molecule has 0 saturated heterocycles. The summed E-state index contributed by atoms with van der Waals surface area (Å²) in [4.78, 5) is 17.9. The minimum absolute atomic E-state index is 0.0445. The zero-order valence-electron chi connectivity index (χ0n) is 23.6. The number of nitrogens with one attached hydrogen (secondary N) is 1. The van der Waals surface area contributed by atoms with Gasteiger partial charge in [0.2, 0.25) is 4.96 Å². The zero-order chi connectivity index (χ0) is 32.8. The summed E-state index contributed by atoms with van der Waals surface area (Å²) in [6.45, 7) is -0.0617. The highest BCUT2D eigenvalue weighted by Gasteiger charge is 2.38. The predicted octanol–water partition coefficient (Wildman–Crippen LogP) is 8.09. The van der Waals surface area contributed by atoms with E-state index in [1.54, 1.807) is 35.0 Å². The van der Waals surface area contributed by atoms with Crippen LogP contribution in [0.15, 0.2) is 71.3 Å². The number of hydrogen-bond acceptors (Lipinski definition) is 8. The van der Waals surface area contributed by atoms with Crippen LogP contribution in [0.4, 0.5) is 32.0 Å². The quantitative estimate of drug-likeness (QED) is 0.165. The number of anilines is 1. The Morgan fingerprint density at radius 1 is 0.978 bits per heavy atom. The number of alkyl halides is 6. The number of halogens is 6. The Morgan fingerprint density at radius 3 is 2.48 bits per heavy atom. The Hall–Kier alpha value is -5.25. The van der Waals surface area contributed by atoms with Crippen LogP contribution >= 0.6 is 11.3 Å². The van der Waals surface area contributed by atoms with Crippen LogP contribution in [0.2, 0.25) is 0 Å². The number of hydrogen-bond donors (Lipinski definition) is 1. The number of carbonyl (C=O) groups excluding carboxylic acids is 1. The molecule has 0 unspecified atom stereocenters. The van der Waals surface area contributed by atoms with Gasteiger partial charge in [0.05, 0.1) is 42.5 Å². The van der Waals surface area contributed by atoms with Crippen LogP contribution in [0.1, 0.15) is 27.0 Å².